The molecule has 1 atom stereocenters. The number of oxime groups is 1. The molecule has 2 aromatic rings. The number of rotatable bonds is 7. The van der Waals surface area contributed by atoms with Crippen molar-refractivity contribution in [3.8, 4) is 5.75 Å². The number of benzene rings is 2. The van der Waals surface area contributed by atoms with Gasteiger partial charge in [0.2, 0.25) is 5.91 Å². The highest BCUT2D eigenvalue weighted by Gasteiger charge is 2.26. The smallest absolute Gasteiger partial charge is 0.222 e. The molecule has 1 aliphatic rings. The molecular weight excluding hydrogens is 364 g/mol. The van der Waals surface area contributed by atoms with Gasteiger partial charge in [-0.2, -0.15) is 0 Å². The van der Waals surface area contributed by atoms with E-state index in [1.54, 1.807) is 7.11 Å². The van der Waals surface area contributed by atoms with Gasteiger partial charge < -0.3 is 14.5 Å². The fourth-order valence-electron chi connectivity index (χ4n) is 3.05. The van der Waals surface area contributed by atoms with Crippen molar-refractivity contribution < 1.29 is 14.4 Å². The van der Waals surface area contributed by atoms with Crippen molar-refractivity contribution in [1.29, 1.82) is 0 Å². The molecule has 0 aliphatic carbocycles. The second kappa shape index (κ2) is 8.91. The molecule has 0 N–H and O–H groups in total. The molecule has 0 aromatic heterocycles. The van der Waals surface area contributed by atoms with Crippen molar-refractivity contribution in [2.24, 2.45) is 5.16 Å². The molecule has 3 rings (SSSR count). The van der Waals surface area contributed by atoms with E-state index >= 15 is 0 Å². The standard InChI is InChI=1S/C21H23ClN2O3/c1-3-21(25)24(13-15-5-4-6-18(11-15)26-2)14-19-12-20(23-27-19)16-7-9-17(22)10-8-16/h4-11,19H,3,12-14H2,1-2H3/t19-/m1/s1. The van der Waals surface area contributed by atoms with Gasteiger partial charge in [0.05, 0.1) is 19.4 Å². The molecule has 0 saturated heterocycles. The average Bonchev–Trinajstić information content (AvgIpc) is 3.16. The Labute approximate surface area is 164 Å². The van der Waals surface area contributed by atoms with E-state index in [0.717, 1.165) is 22.6 Å². The second-order valence-corrected chi connectivity index (χ2v) is 6.89. The van der Waals surface area contributed by atoms with E-state index in [9.17, 15) is 4.79 Å². The van der Waals surface area contributed by atoms with E-state index < -0.39 is 0 Å². The highest BCUT2D eigenvalue weighted by atomic mass is 35.5. The number of halogens is 1. The maximum atomic E-state index is 12.4. The molecule has 0 spiro atoms. The zero-order valence-electron chi connectivity index (χ0n) is 15.5. The van der Waals surface area contributed by atoms with Gasteiger partial charge in [-0.05, 0) is 35.4 Å². The average molecular weight is 387 g/mol. The van der Waals surface area contributed by atoms with Gasteiger partial charge in [0.1, 0.15) is 5.75 Å². The van der Waals surface area contributed by atoms with Crippen LogP contribution < -0.4 is 4.74 Å². The third-order valence-corrected chi connectivity index (χ3v) is 4.75. The Hall–Kier alpha value is -2.53. The van der Waals surface area contributed by atoms with Crippen LogP contribution in [0.4, 0.5) is 0 Å². The van der Waals surface area contributed by atoms with Crippen LogP contribution in [0.15, 0.2) is 53.7 Å². The summed E-state index contributed by atoms with van der Waals surface area (Å²) in [6.07, 6.45) is 0.950. The Bertz CT molecular complexity index is 820. The van der Waals surface area contributed by atoms with E-state index in [1.807, 2.05) is 60.4 Å². The minimum atomic E-state index is -0.156. The van der Waals surface area contributed by atoms with Gasteiger partial charge in [-0.3, -0.25) is 4.79 Å². The van der Waals surface area contributed by atoms with E-state index in [0.29, 0.717) is 31.0 Å². The van der Waals surface area contributed by atoms with Gasteiger partial charge in [0.25, 0.3) is 0 Å². The molecule has 0 radical (unpaired) electrons. The van der Waals surface area contributed by atoms with Gasteiger partial charge in [0, 0.05) is 24.4 Å². The molecule has 5 nitrogen and oxygen atoms in total. The lowest BCUT2D eigenvalue weighted by Crippen LogP contribution is -2.36. The van der Waals surface area contributed by atoms with Crippen molar-refractivity contribution in [2.45, 2.75) is 32.4 Å². The van der Waals surface area contributed by atoms with Gasteiger partial charge in [0.15, 0.2) is 6.10 Å². The summed E-state index contributed by atoms with van der Waals surface area (Å²) >= 11 is 5.94. The van der Waals surface area contributed by atoms with Crippen LogP contribution in [-0.4, -0.2) is 36.3 Å². The Morgan fingerprint density at radius 3 is 2.78 bits per heavy atom. The van der Waals surface area contributed by atoms with Crippen molar-refractivity contribution >= 4 is 23.2 Å². The lowest BCUT2D eigenvalue weighted by atomic mass is 10.0. The number of nitrogens with zero attached hydrogens (tertiary/aromatic N) is 2. The van der Waals surface area contributed by atoms with E-state index in [1.165, 1.54) is 0 Å². The number of hydrogen-bond acceptors (Lipinski definition) is 4. The molecule has 142 valence electrons. The molecule has 1 heterocycles. The molecular formula is C21H23ClN2O3. The van der Waals surface area contributed by atoms with E-state index in [4.69, 9.17) is 21.2 Å². The van der Waals surface area contributed by atoms with Crippen LogP contribution in [0.25, 0.3) is 0 Å². The highest BCUT2D eigenvalue weighted by Crippen LogP contribution is 2.21. The fourth-order valence-corrected chi connectivity index (χ4v) is 3.18. The number of amides is 1. The summed E-state index contributed by atoms with van der Waals surface area (Å²) in [6, 6.07) is 15.3. The monoisotopic (exact) mass is 386 g/mol. The Kier molecular flexibility index (Phi) is 6.35. The zero-order valence-corrected chi connectivity index (χ0v) is 16.3. The number of methoxy groups -OCH3 is 1. The van der Waals surface area contributed by atoms with Gasteiger partial charge in [-0.1, -0.05) is 47.9 Å². The lowest BCUT2D eigenvalue weighted by molar-refractivity contribution is -0.133. The molecule has 0 fully saturated rings. The molecule has 0 bridgehead atoms. The van der Waals surface area contributed by atoms with Crippen molar-refractivity contribution in [3.05, 3.63) is 64.7 Å². The van der Waals surface area contributed by atoms with Crippen molar-refractivity contribution in [3.63, 3.8) is 0 Å². The molecule has 6 heteroatoms. The summed E-state index contributed by atoms with van der Waals surface area (Å²) < 4.78 is 5.27. The molecule has 0 unspecified atom stereocenters. The van der Waals surface area contributed by atoms with E-state index in [-0.39, 0.29) is 12.0 Å². The summed E-state index contributed by atoms with van der Waals surface area (Å²) in [5, 5.41) is 4.89. The first-order valence-corrected chi connectivity index (χ1v) is 9.36. The predicted molar refractivity (Wildman–Crippen MR) is 106 cm³/mol. The van der Waals surface area contributed by atoms with E-state index in [2.05, 4.69) is 5.16 Å². The molecule has 2 aromatic carbocycles. The summed E-state index contributed by atoms with van der Waals surface area (Å²) in [6.45, 7) is 2.87. The van der Waals surface area contributed by atoms with Crippen LogP contribution in [0, 0.1) is 0 Å². The molecule has 0 saturated carbocycles. The number of carbonyl (C=O) groups excluding carboxylic acids is 1. The van der Waals surface area contributed by atoms with Crippen LogP contribution in [-0.2, 0) is 16.2 Å². The Balaban J connectivity index is 1.65. The van der Waals surface area contributed by atoms with Gasteiger partial charge >= 0.3 is 0 Å². The number of carbonyl (C=O) groups is 1. The summed E-state index contributed by atoms with van der Waals surface area (Å²) in [7, 11) is 1.63. The first-order chi connectivity index (χ1) is 13.1. The minimum Gasteiger partial charge on any atom is -0.497 e. The van der Waals surface area contributed by atoms with Gasteiger partial charge in [-0.25, -0.2) is 0 Å². The third kappa shape index (κ3) is 5.01. The Morgan fingerprint density at radius 1 is 1.30 bits per heavy atom. The number of ether oxygens (including phenoxy) is 1. The molecule has 1 aliphatic heterocycles. The largest absolute Gasteiger partial charge is 0.497 e. The maximum absolute atomic E-state index is 12.4. The summed E-state index contributed by atoms with van der Waals surface area (Å²) in [5.41, 5.74) is 2.89. The topological polar surface area (TPSA) is 51.1 Å². The van der Waals surface area contributed by atoms with Gasteiger partial charge in [-0.15, -0.1) is 0 Å². The highest BCUT2D eigenvalue weighted by molar-refractivity contribution is 6.30. The zero-order chi connectivity index (χ0) is 19.2. The van der Waals surface area contributed by atoms with Crippen LogP contribution in [0.2, 0.25) is 5.02 Å². The third-order valence-electron chi connectivity index (χ3n) is 4.50. The first kappa shape index (κ1) is 19.2. The summed E-state index contributed by atoms with van der Waals surface area (Å²) in [4.78, 5) is 19.8. The van der Waals surface area contributed by atoms with Crippen LogP contribution in [0.5, 0.6) is 5.75 Å². The first-order valence-electron chi connectivity index (χ1n) is 8.98. The Morgan fingerprint density at radius 2 is 2.07 bits per heavy atom. The molecule has 27 heavy (non-hydrogen) atoms. The second-order valence-electron chi connectivity index (χ2n) is 6.46. The minimum absolute atomic E-state index is 0.0846. The van der Waals surface area contributed by atoms with Crippen LogP contribution >= 0.6 is 11.6 Å². The molecule has 1 amide bonds. The van der Waals surface area contributed by atoms with Crippen molar-refractivity contribution in [1.82, 2.24) is 4.90 Å². The SMILES string of the molecule is CCC(=O)N(Cc1cccc(OC)c1)C[C@H]1CC(c2ccc(Cl)cc2)=NO1. The van der Waals surface area contributed by atoms with Crippen molar-refractivity contribution in [2.75, 3.05) is 13.7 Å². The van der Waals surface area contributed by atoms with Crippen LogP contribution in [0.1, 0.15) is 30.9 Å². The number of hydrogen-bond donors (Lipinski definition) is 0. The fraction of sp³-hybridized carbons (Fsp3) is 0.333. The maximum Gasteiger partial charge on any atom is 0.222 e. The quantitative estimate of drug-likeness (QED) is 0.713. The van der Waals surface area contributed by atoms with Crippen LogP contribution in [0.3, 0.4) is 0 Å². The normalized spacial score (nSPS) is 15.8. The predicted octanol–water partition coefficient (Wildman–Crippen LogP) is 4.28. The summed E-state index contributed by atoms with van der Waals surface area (Å²) in [5.74, 6) is 0.864. The lowest BCUT2D eigenvalue weighted by Gasteiger charge is -2.24.